The summed E-state index contributed by atoms with van der Waals surface area (Å²) in [4.78, 5) is 30.6. The lowest BCUT2D eigenvalue weighted by atomic mass is 10.0. The Bertz CT molecular complexity index is 1320. The molecule has 0 aliphatic rings. The van der Waals surface area contributed by atoms with E-state index in [4.69, 9.17) is 23.2 Å². The molecule has 2 aromatic heterocycles. The fourth-order valence-electron chi connectivity index (χ4n) is 3.14. The molecule has 0 aliphatic heterocycles. The van der Waals surface area contributed by atoms with Crippen LogP contribution in [0.2, 0.25) is 10.0 Å². The van der Waals surface area contributed by atoms with Crippen LogP contribution < -0.4 is 5.43 Å². The highest BCUT2D eigenvalue weighted by atomic mass is 79.9. The number of ketones is 1. The van der Waals surface area contributed by atoms with Crippen molar-refractivity contribution >= 4 is 55.8 Å². The Labute approximate surface area is 184 Å². The van der Waals surface area contributed by atoms with Crippen molar-refractivity contribution in [1.82, 2.24) is 9.55 Å². The normalized spacial score (nSPS) is 11.0. The van der Waals surface area contributed by atoms with Gasteiger partial charge in [0.05, 0.1) is 33.4 Å². The minimum absolute atomic E-state index is 0.0667. The molecule has 0 radical (unpaired) electrons. The van der Waals surface area contributed by atoms with Crippen LogP contribution in [0.4, 0.5) is 0 Å². The second-order valence-electron chi connectivity index (χ2n) is 6.43. The summed E-state index contributed by atoms with van der Waals surface area (Å²) in [6.07, 6.45) is 1.58. The molecule has 0 aliphatic carbocycles. The van der Waals surface area contributed by atoms with E-state index in [0.717, 1.165) is 11.2 Å². The summed E-state index contributed by atoms with van der Waals surface area (Å²) >= 11 is 15.4. The van der Waals surface area contributed by atoms with Crippen LogP contribution in [0.15, 0.2) is 76.3 Å². The van der Waals surface area contributed by atoms with E-state index < -0.39 is 5.78 Å². The van der Waals surface area contributed by atoms with Gasteiger partial charge in [-0.05, 0) is 58.4 Å². The third kappa shape index (κ3) is 3.99. The molecule has 0 N–H and O–H groups in total. The summed E-state index contributed by atoms with van der Waals surface area (Å²) in [5.74, 6) is -0.407. The van der Waals surface area contributed by atoms with Crippen LogP contribution in [0.25, 0.3) is 10.9 Å². The average molecular weight is 488 g/mol. The van der Waals surface area contributed by atoms with Gasteiger partial charge in [0.15, 0.2) is 5.78 Å². The maximum Gasteiger partial charge on any atom is 0.200 e. The number of rotatable bonds is 4. The number of fused-ring (bicyclic) bond motifs is 1. The number of carbonyl (C=O) groups excluding carboxylic acids is 1. The molecule has 29 heavy (non-hydrogen) atoms. The predicted molar refractivity (Wildman–Crippen MR) is 119 cm³/mol. The Morgan fingerprint density at radius 1 is 1.00 bits per heavy atom. The number of nitrogens with zero attached hydrogens (tertiary/aromatic N) is 2. The van der Waals surface area contributed by atoms with Crippen molar-refractivity contribution in [1.29, 1.82) is 0 Å². The summed E-state index contributed by atoms with van der Waals surface area (Å²) in [5.41, 5.74) is 1.57. The van der Waals surface area contributed by atoms with Crippen molar-refractivity contribution in [3.05, 3.63) is 109 Å². The van der Waals surface area contributed by atoms with Crippen LogP contribution in [-0.4, -0.2) is 15.3 Å². The van der Waals surface area contributed by atoms with Gasteiger partial charge in [-0.25, -0.2) is 4.98 Å². The minimum Gasteiger partial charge on any atom is -0.340 e. The van der Waals surface area contributed by atoms with Gasteiger partial charge in [-0.15, -0.1) is 0 Å². The third-order valence-electron chi connectivity index (χ3n) is 4.52. The Hall–Kier alpha value is -2.47. The van der Waals surface area contributed by atoms with Crippen LogP contribution in [0.3, 0.4) is 0 Å². The Morgan fingerprint density at radius 2 is 1.79 bits per heavy atom. The second-order valence-corrected chi connectivity index (χ2v) is 8.05. The SMILES string of the molecule is O=C(c1ccc(Cl)c(Cl)c1)c1cn(Cc2cccc(Br)n2)c2ccccc2c1=O. The molecule has 0 fully saturated rings. The first-order chi connectivity index (χ1) is 13.9. The quantitative estimate of drug-likeness (QED) is 0.272. The zero-order chi connectivity index (χ0) is 20.5. The zero-order valence-corrected chi connectivity index (χ0v) is 18.0. The molecule has 2 aromatic carbocycles. The fourth-order valence-corrected chi connectivity index (χ4v) is 3.82. The van der Waals surface area contributed by atoms with E-state index in [2.05, 4.69) is 20.9 Å². The molecule has 0 saturated heterocycles. The van der Waals surface area contributed by atoms with E-state index in [-0.39, 0.29) is 16.0 Å². The molecule has 7 heteroatoms. The summed E-state index contributed by atoms with van der Waals surface area (Å²) in [6.45, 7) is 0.405. The Balaban J connectivity index is 1.88. The van der Waals surface area contributed by atoms with Gasteiger partial charge in [-0.1, -0.05) is 41.4 Å². The van der Waals surface area contributed by atoms with E-state index in [1.165, 1.54) is 6.07 Å². The maximum absolute atomic E-state index is 13.1. The number of pyridine rings is 2. The number of hydrogen-bond donors (Lipinski definition) is 0. The Kier molecular flexibility index (Phi) is 5.54. The predicted octanol–water partition coefficient (Wildman–Crippen LogP) is 5.75. The average Bonchev–Trinajstić information content (AvgIpc) is 2.72. The van der Waals surface area contributed by atoms with Crippen molar-refractivity contribution in [3.8, 4) is 0 Å². The van der Waals surface area contributed by atoms with Gasteiger partial charge >= 0.3 is 0 Å². The van der Waals surface area contributed by atoms with Gasteiger partial charge in [-0.2, -0.15) is 0 Å². The Morgan fingerprint density at radius 3 is 2.55 bits per heavy atom. The van der Waals surface area contributed by atoms with E-state index in [0.29, 0.717) is 27.1 Å². The van der Waals surface area contributed by atoms with Gasteiger partial charge < -0.3 is 4.57 Å². The van der Waals surface area contributed by atoms with Crippen LogP contribution >= 0.6 is 39.1 Å². The molecular weight excluding hydrogens is 475 g/mol. The van der Waals surface area contributed by atoms with E-state index >= 15 is 0 Å². The lowest BCUT2D eigenvalue weighted by Gasteiger charge is -2.13. The van der Waals surface area contributed by atoms with E-state index in [1.54, 1.807) is 30.5 Å². The topological polar surface area (TPSA) is 52.0 Å². The van der Waals surface area contributed by atoms with Crippen LogP contribution in [0, 0.1) is 0 Å². The van der Waals surface area contributed by atoms with Gasteiger partial charge in [-0.3, -0.25) is 9.59 Å². The number of halogens is 3. The lowest BCUT2D eigenvalue weighted by molar-refractivity contribution is 0.103. The molecular formula is C22H13BrCl2N2O2. The molecule has 0 bridgehead atoms. The fraction of sp³-hybridized carbons (Fsp3) is 0.0455. The summed E-state index contributed by atoms with van der Waals surface area (Å²) in [6, 6.07) is 17.4. The number of para-hydroxylation sites is 1. The largest absolute Gasteiger partial charge is 0.340 e. The molecule has 4 aromatic rings. The molecule has 2 heterocycles. The smallest absolute Gasteiger partial charge is 0.200 e. The van der Waals surface area contributed by atoms with Crippen molar-refractivity contribution in [2.75, 3.05) is 0 Å². The third-order valence-corrected chi connectivity index (χ3v) is 5.70. The zero-order valence-electron chi connectivity index (χ0n) is 14.9. The van der Waals surface area contributed by atoms with Gasteiger partial charge in [0, 0.05) is 17.1 Å². The molecule has 0 unspecified atom stereocenters. The number of carbonyl (C=O) groups is 1. The highest BCUT2D eigenvalue weighted by Gasteiger charge is 2.18. The standard InChI is InChI=1S/C22H13BrCl2N2O2/c23-20-7-3-4-14(26-20)11-27-12-16(22(29)15-5-1-2-6-19(15)27)21(28)13-8-9-17(24)18(25)10-13/h1-10,12H,11H2. The maximum atomic E-state index is 13.1. The van der Waals surface area contributed by atoms with Crippen molar-refractivity contribution in [3.63, 3.8) is 0 Å². The number of hydrogen-bond acceptors (Lipinski definition) is 3. The molecule has 4 nitrogen and oxygen atoms in total. The molecule has 0 amide bonds. The van der Waals surface area contributed by atoms with Crippen LogP contribution in [-0.2, 0) is 6.54 Å². The van der Waals surface area contributed by atoms with Gasteiger partial charge in [0.1, 0.15) is 4.60 Å². The minimum atomic E-state index is -0.407. The lowest BCUT2D eigenvalue weighted by Crippen LogP contribution is -2.20. The first-order valence-electron chi connectivity index (χ1n) is 8.67. The van der Waals surface area contributed by atoms with Crippen LogP contribution in [0.5, 0.6) is 0 Å². The van der Waals surface area contributed by atoms with Gasteiger partial charge in [0.25, 0.3) is 0 Å². The summed E-state index contributed by atoms with van der Waals surface area (Å²) < 4.78 is 2.57. The van der Waals surface area contributed by atoms with E-state index in [1.807, 2.05) is 34.9 Å². The summed E-state index contributed by atoms with van der Waals surface area (Å²) in [7, 11) is 0. The molecule has 144 valence electrons. The van der Waals surface area contributed by atoms with Crippen molar-refractivity contribution in [2.24, 2.45) is 0 Å². The first-order valence-corrected chi connectivity index (χ1v) is 10.2. The van der Waals surface area contributed by atoms with Crippen molar-refractivity contribution in [2.45, 2.75) is 6.54 Å². The van der Waals surface area contributed by atoms with Crippen LogP contribution in [0.1, 0.15) is 21.6 Å². The van der Waals surface area contributed by atoms with E-state index in [9.17, 15) is 9.59 Å². The highest BCUT2D eigenvalue weighted by molar-refractivity contribution is 9.10. The number of benzene rings is 2. The second kappa shape index (κ2) is 8.11. The summed E-state index contributed by atoms with van der Waals surface area (Å²) in [5, 5.41) is 1.07. The molecule has 0 saturated carbocycles. The molecule has 0 atom stereocenters. The first kappa shape index (κ1) is 19.8. The highest BCUT2D eigenvalue weighted by Crippen LogP contribution is 2.24. The monoisotopic (exact) mass is 486 g/mol. The van der Waals surface area contributed by atoms with Gasteiger partial charge in [0.2, 0.25) is 5.43 Å². The van der Waals surface area contributed by atoms with Crippen molar-refractivity contribution < 1.29 is 4.79 Å². The molecule has 0 spiro atoms. The molecule has 4 rings (SSSR count). The number of aromatic nitrogens is 2.